The topological polar surface area (TPSA) is 12.0 Å². The molecule has 0 saturated carbocycles. The molecule has 0 fully saturated rings. The van der Waals surface area contributed by atoms with E-state index in [1.54, 1.807) is 0 Å². The normalized spacial score (nSPS) is 14.3. The summed E-state index contributed by atoms with van der Waals surface area (Å²) in [5, 5.41) is 4.56. The van der Waals surface area contributed by atoms with Crippen LogP contribution in [0.3, 0.4) is 0 Å². The van der Waals surface area contributed by atoms with Crippen molar-refractivity contribution in [3.05, 3.63) is 34.9 Å². The summed E-state index contributed by atoms with van der Waals surface area (Å²) in [5.41, 5.74) is 1.27. The Balaban J connectivity index is 2.72. The van der Waals surface area contributed by atoms with Crippen molar-refractivity contribution in [3.63, 3.8) is 0 Å². The van der Waals surface area contributed by atoms with Crippen molar-refractivity contribution in [1.82, 2.24) is 5.32 Å². The van der Waals surface area contributed by atoms with E-state index in [4.69, 9.17) is 11.6 Å². The first-order valence-electron chi connectivity index (χ1n) is 7.69. The molecular formula is C17H28ClN. The van der Waals surface area contributed by atoms with Crippen LogP contribution in [0.15, 0.2) is 24.3 Å². The fraction of sp³-hybridized carbons (Fsp3) is 0.647. The van der Waals surface area contributed by atoms with Crippen LogP contribution in [0.1, 0.15) is 52.0 Å². The van der Waals surface area contributed by atoms with Gasteiger partial charge in [0.05, 0.1) is 0 Å². The average Bonchev–Trinajstić information content (AvgIpc) is 2.42. The summed E-state index contributed by atoms with van der Waals surface area (Å²) in [4.78, 5) is 0. The first-order valence-corrected chi connectivity index (χ1v) is 8.07. The Morgan fingerprint density at radius 3 is 2.47 bits per heavy atom. The number of unbranched alkanes of at least 4 members (excludes halogenated alkanes) is 1. The SMILES string of the molecule is CCCCC(CC)C(Cc1ccccc1Cl)NCC. The highest BCUT2D eigenvalue weighted by Crippen LogP contribution is 2.23. The number of nitrogens with one attached hydrogen (secondary N) is 1. The molecule has 108 valence electrons. The van der Waals surface area contributed by atoms with E-state index in [0.29, 0.717) is 6.04 Å². The molecule has 1 nitrogen and oxygen atoms in total. The van der Waals surface area contributed by atoms with Gasteiger partial charge in [-0.25, -0.2) is 0 Å². The van der Waals surface area contributed by atoms with Gasteiger partial charge in [0, 0.05) is 11.1 Å². The van der Waals surface area contributed by atoms with E-state index in [0.717, 1.165) is 23.9 Å². The predicted octanol–water partition coefficient (Wildman–Crippen LogP) is 5.08. The van der Waals surface area contributed by atoms with Gasteiger partial charge in [0.25, 0.3) is 0 Å². The standard InChI is InChI=1S/C17H28ClN/c1-4-7-10-14(5-2)17(19-6-3)13-15-11-8-9-12-16(15)18/h8-9,11-12,14,17,19H,4-7,10,13H2,1-3H3. The van der Waals surface area contributed by atoms with Crippen LogP contribution < -0.4 is 5.32 Å². The third kappa shape index (κ3) is 5.54. The zero-order valence-corrected chi connectivity index (χ0v) is 13.3. The fourth-order valence-corrected chi connectivity index (χ4v) is 2.94. The largest absolute Gasteiger partial charge is 0.314 e. The van der Waals surface area contributed by atoms with Gasteiger partial charge in [-0.15, -0.1) is 0 Å². The van der Waals surface area contributed by atoms with Gasteiger partial charge < -0.3 is 5.32 Å². The summed E-state index contributed by atoms with van der Waals surface area (Å²) in [6.07, 6.45) is 6.19. The highest BCUT2D eigenvalue weighted by atomic mass is 35.5. The number of hydrogen-bond donors (Lipinski definition) is 1. The molecule has 0 aliphatic heterocycles. The lowest BCUT2D eigenvalue weighted by Gasteiger charge is -2.27. The molecule has 19 heavy (non-hydrogen) atoms. The highest BCUT2D eigenvalue weighted by molar-refractivity contribution is 6.31. The minimum absolute atomic E-state index is 0.543. The van der Waals surface area contributed by atoms with E-state index >= 15 is 0 Å². The highest BCUT2D eigenvalue weighted by Gasteiger charge is 2.19. The monoisotopic (exact) mass is 281 g/mol. The lowest BCUT2D eigenvalue weighted by molar-refractivity contribution is 0.319. The molecule has 1 rings (SSSR count). The molecule has 2 heteroatoms. The van der Waals surface area contributed by atoms with Gasteiger partial charge in [-0.1, -0.05) is 69.8 Å². The van der Waals surface area contributed by atoms with Crippen molar-refractivity contribution in [2.24, 2.45) is 5.92 Å². The Morgan fingerprint density at radius 1 is 1.16 bits per heavy atom. The van der Waals surface area contributed by atoms with E-state index in [9.17, 15) is 0 Å². The Kier molecular flexibility index (Phi) is 8.16. The van der Waals surface area contributed by atoms with Crippen LogP contribution in [0.5, 0.6) is 0 Å². The van der Waals surface area contributed by atoms with Gasteiger partial charge in [0.1, 0.15) is 0 Å². The van der Waals surface area contributed by atoms with E-state index in [2.05, 4.69) is 38.2 Å². The summed E-state index contributed by atoms with van der Waals surface area (Å²) in [5.74, 6) is 0.746. The summed E-state index contributed by atoms with van der Waals surface area (Å²) in [6.45, 7) is 7.78. The molecule has 0 amide bonds. The Morgan fingerprint density at radius 2 is 1.89 bits per heavy atom. The van der Waals surface area contributed by atoms with Crippen LogP contribution in [0.4, 0.5) is 0 Å². The van der Waals surface area contributed by atoms with Crippen LogP contribution in [0.25, 0.3) is 0 Å². The molecule has 1 aromatic carbocycles. The number of likely N-dealkylation sites (N-methyl/N-ethyl adjacent to an activating group) is 1. The molecule has 1 aromatic rings. The average molecular weight is 282 g/mol. The van der Waals surface area contributed by atoms with Crippen molar-refractivity contribution >= 4 is 11.6 Å². The molecule has 0 spiro atoms. The first-order chi connectivity index (χ1) is 9.22. The molecule has 0 aromatic heterocycles. The van der Waals surface area contributed by atoms with Crippen molar-refractivity contribution in [1.29, 1.82) is 0 Å². The zero-order chi connectivity index (χ0) is 14.1. The third-order valence-corrected chi connectivity index (χ3v) is 4.25. The smallest absolute Gasteiger partial charge is 0.0438 e. The molecule has 0 saturated heterocycles. The molecule has 2 unspecified atom stereocenters. The Bertz CT molecular complexity index is 351. The third-order valence-electron chi connectivity index (χ3n) is 3.89. The molecule has 0 bridgehead atoms. The zero-order valence-electron chi connectivity index (χ0n) is 12.6. The van der Waals surface area contributed by atoms with Crippen LogP contribution >= 0.6 is 11.6 Å². The van der Waals surface area contributed by atoms with Crippen LogP contribution in [0.2, 0.25) is 5.02 Å². The van der Waals surface area contributed by atoms with Crippen molar-refractivity contribution < 1.29 is 0 Å². The quantitative estimate of drug-likeness (QED) is 0.666. The van der Waals surface area contributed by atoms with Crippen LogP contribution in [-0.4, -0.2) is 12.6 Å². The molecule has 0 aliphatic rings. The molecular weight excluding hydrogens is 254 g/mol. The summed E-state index contributed by atoms with van der Waals surface area (Å²) in [6, 6.07) is 8.77. The maximum Gasteiger partial charge on any atom is 0.0438 e. The lowest BCUT2D eigenvalue weighted by atomic mass is 9.87. The van der Waals surface area contributed by atoms with Gasteiger partial charge in [0.2, 0.25) is 0 Å². The maximum absolute atomic E-state index is 6.29. The van der Waals surface area contributed by atoms with Crippen molar-refractivity contribution in [3.8, 4) is 0 Å². The molecule has 0 aliphatic carbocycles. The van der Waals surface area contributed by atoms with E-state index in [1.165, 1.54) is 31.2 Å². The fourth-order valence-electron chi connectivity index (χ4n) is 2.72. The Labute approximate surface area is 123 Å². The van der Waals surface area contributed by atoms with E-state index in [-0.39, 0.29) is 0 Å². The van der Waals surface area contributed by atoms with Gasteiger partial charge in [-0.3, -0.25) is 0 Å². The lowest BCUT2D eigenvalue weighted by Crippen LogP contribution is -2.38. The van der Waals surface area contributed by atoms with Gasteiger partial charge >= 0.3 is 0 Å². The van der Waals surface area contributed by atoms with E-state index < -0.39 is 0 Å². The number of hydrogen-bond acceptors (Lipinski definition) is 1. The van der Waals surface area contributed by atoms with Crippen LogP contribution in [0, 0.1) is 5.92 Å². The van der Waals surface area contributed by atoms with Gasteiger partial charge in [-0.05, 0) is 36.9 Å². The number of benzene rings is 1. The molecule has 0 radical (unpaired) electrons. The predicted molar refractivity (Wildman–Crippen MR) is 85.9 cm³/mol. The first kappa shape index (κ1) is 16.5. The summed E-state index contributed by atoms with van der Waals surface area (Å²) >= 11 is 6.29. The minimum atomic E-state index is 0.543. The second kappa shape index (κ2) is 9.39. The number of halogens is 1. The van der Waals surface area contributed by atoms with Crippen LogP contribution in [-0.2, 0) is 6.42 Å². The molecule has 0 heterocycles. The molecule has 2 atom stereocenters. The van der Waals surface area contributed by atoms with E-state index in [1.807, 2.05) is 12.1 Å². The minimum Gasteiger partial charge on any atom is -0.314 e. The van der Waals surface area contributed by atoms with Gasteiger partial charge in [-0.2, -0.15) is 0 Å². The van der Waals surface area contributed by atoms with Gasteiger partial charge in [0.15, 0.2) is 0 Å². The maximum atomic E-state index is 6.29. The summed E-state index contributed by atoms with van der Waals surface area (Å²) < 4.78 is 0. The number of rotatable bonds is 9. The second-order valence-electron chi connectivity index (χ2n) is 5.27. The Hall–Kier alpha value is -0.530. The molecule has 1 N–H and O–H groups in total. The van der Waals surface area contributed by atoms with Crippen molar-refractivity contribution in [2.75, 3.05) is 6.54 Å². The second-order valence-corrected chi connectivity index (χ2v) is 5.68. The summed E-state index contributed by atoms with van der Waals surface area (Å²) in [7, 11) is 0. The van der Waals surface area contributed by atoms with Crippen molar-refractivity contribution in [2.45, 2.75) is 58.9 Å².